The Kier molecular flexibility index (Phi) is 6.29. The van der Waals surface area contributed by atoms with Crippen LogP contribution in [0.25, 0.3) is 10.8 Å². The molecule has 26 heavy (non-hydrogen) atoms. The number of benzene rings is 1. The topological polar surface area (TPSA) is 187 Å². The van der Waals surface area contributed by atoms with Crippen molar-refractivity contribution in [2.75, 3.05) is 0 Å². The van der Waals surface area contributed by atoms with Gasteiger partial charge in [0.25, 0.3) is 5.91 Å². The molecule has 0 spiro atoms. The minimum absolute atomic E-state index is 0.131. The standard InChI is InChI=1S/C15H18ClN5O5/c16-9-5-19-12(21-15(17)18)8-3-6(1-2-7(8)9)13(24)20-10(14(25)26)4-11(22)23/h1-3,5,10-11,14,22-23,25-26H,4H2,(H,20,24)(H4,17,18,19,21). The van der Waals surface area contributed by atoms with Crippen LogP contribution < -0.4 is 16.8 Å². The molecule has 1 atom stereocenters. The molecule has 0 saturated carbocycles. The Morgan fingerprint density at radius 2 is 1.92 bits per heavy atom. The van der Waals surface area contributed by atoms with Crippen LogP contribution in [-0.4, -0.2) is 55.9 Å². The Morgan fingerprint density at radius 3 is 2.50 bits per heavy atom. The second-order valence-corrected chi connectivity index (χ2v) is 5.84. The van der Waals surface area contributed by atoms with E-state index in [1.54, 1.807) is 6.07 Å². The number of amides is 1. The monoisotopic (exact) mass is 383 g/mol. The molecule has 0 aliphatic rings. The van der Waals surface area contributed by atoms with Crippen molar-refractivity contribution < 1.29 is 25.2 Å². The molecule has 1 amide bonds. The van der Waals surface area contributed by atoms with Crippen LogP contribution in [0.5, 0.6) is 0 Å². The van der Waals surface area contributed by atoms with Gasteiger partial charge in [-0.3, -0.25) is 4.79 Å². The van der Waals surface area contributed by atoms with Crippen molar-refractivity contribution in [3.63, 3.8) is 0 Å². The van der Waals surface area contributed by atoms with E-state index in [1.165, 1.54) is 18.3 Å². The second-order valence-electron chi connectivity index (χ2n) is 5.44. The number of hydrogen-bond donors (Lipinski definition) is 7. The minimum atomic E-state index is -1.98. The average Bonchev–Trinajstić information content (AvgIpc) is 2.55. The lowest BCUT2D eigenvalue weighted by atomic mass is 10.1. The fourth-order valence-electron chi connectivity index (χ4n) is 2.28. The summed E-state index contributed by atoms with van der Waals surface area (Å²) < 4.78 is 0. The third-order valence-corrected chi connectivity index (χ3v) is 3.76. The molecule has 0 radical (unpaired) electrons. The van der Waals surface area contributed by atoms with Crippen molar-refractivity contribution in [2.24, 2.45) is 16.5 Å². The molecule has 2 aromatic rings. The highest BCUT2D eigenvalue weighted by Crippen LogP contribution is 2.30. The molecule has 140 valence electrons. The second kappa shape index (κ2) is 8.25. The average molecular weight is 384 g/mol. The zero-order valence-corrected chi connectivity index (χ0v) is 14.1. The van der Waals surface area contributed by atoms with Gasteiger partial charge < -0.3 is 37.2 Å². The Morgan fingerprint density at radius 1 is 1.23 bits per heavy atom. The largest absolute Gasteiger partial charge is 0.370 e. The highest BCUT2D eigenvalue weighted by Gasteiger charge is 2.23. The molecule has 11 heteroatoms. The first-order chi connectivity index (χ1) is 12.2. The summed E-state index contributed by atoms with van der Waals surface area (Å²) in [5, 5.41) is 40.0. The summed E-state index contributed by atoms with van der Waals surface area (Å²) >= 11 is 6.08. The zero-order valence-electron chi connectivity index (χ0n) is 13.4. The van der Waals surface area contributed by atoms with Crippen LogP contribution in [0.15, 0.2) is 29.4 Å². The van der Waals surface area contributed by atoms with E-state index in [2.05, 4.69) is 15.3 Å². The summed E-state index contributed by atoms with van der Waals surface area (Å²) in [5.41, 5.74) is 10.9. The molecule has 1 heterocycles. The molecule has 0 saturated heterocycles. The summed E-state index contributed by atoms with van der Waals surface area (Å²) in [6.45, 7) is 0. The molecule has 1 unspecified atom stereocenters. The lowest BCUT2D eigenvalue weighted by molar-refractivity contribution is -0.105. The number of nitrogens with zero attached hydrogens (tertiary/aromatic N) is 2. The van der Waals surface area contributed by atoms with Gasteiger partial charge in [-0.15, -0.1) is 0 Å². The van der Waals surface area contributed by atoms with Crippen LogP contribution in [0, 0.1) is 0 Å². The van der Waals surface area contributed by atoms with Gasteiger partial charge in [-0.2, -0.15) is 4.99 Å². The lowest BCUT2D eigenvalue weighted by Gasteiger charge is -2.21. The molecular formula is C15H18ClN5O5. The summed E-state index contributed by atoms with van der Waals surface area (Å²) in [4.78, 5) is 20.3. The van der Waals surface area contributed by atoms with Crippen molar-refractivity contribution >= 4 is 40.1 Å². The maximum atomic E-state index is 12.4. The van der Waals surface area contributed by atoms with E-state index in [-0.39, 0.29) is 17.3 Å². The van der Waals surface area contributed by atoms with Crippen molar-refractivity contribution in [3.05, 3.63) is 35.0 Å². The smallest absolute Gasteiger partial charge is 0.251 e. The first kappa shape index (κ1) is 19.8. The fourth-order valence-corrected chi connectivity index (χ4v) is 2.49. The Labute approximate surface area is 152 Å². The Bertz CT molecular complexity index is 839. The first-order valence-electron chi connectivity index (χ1n) is 7.40. The number of carbonyl (C=O) groups is 1. The van der Waals surface area contributed by atoms with Crippen molar-refractivity contribution in [3.8, 4) is 0 Å². The molecule has 0 aliphatic heterocycles. The molecule has 0 fully saturated rings. The van der Waals surface area contributed by atoms with Crippen LogP contribution >= 0.6 is 11.6 Å². The number of aliphatic hydroxyl groups excluding tert-OH is 2. The number of nitrogens with two attached hydrogens (primary N) is 2. The van der Waals surface area contributed by atoms with Gasteiger partial charge in [0.15, 0.2) is 24.4 Å². The van der Waals surface area contributed by atoms with Gasteiger partial charge in [-0.1, -0.05) is 17.7 Å². The predicted octanol–water partition coefficient (Wildman–Crippen LogP) is -1.10. The molecular weight excluding hydrogens is 366 g/mol. The van der Waals surface area contributed by atoms with Crippen molar-refractivity contribution in [2.45, 2.75) is 25.0 Å². The number of halogens is 1. The maximum absolute atomic E-state index is 12.4. The van der Waals surface area contributed by atoms with E-state index >= 15 is 0 Å². The molecule has 1 aromatic carbocycles. The summed E-state index contributed by atoms with van der Waals surface area (Å²) in [6.07, 6.45) is -2.90. The molecule has 2 rings (SSSR count). The Hall–Kier alpha value is -2.50. The highest BCUT2D eigenvalue weighted by atomic mass is 35.5. The molecule has 9 N–H and O–H groups in total. The first-order valence-corrected chi connectivity index (χ1v) is 7.78. The van der Waals surface area contributed by atoms with E-state index in [9.17, 15) is 15.0 Å². The van der Waals surface area contributed by atoms with Gasteiger partial charge in [-0.05, 0) is 12.1 Å². The van der Waals surface area contributed by atoms with Crippen LogP contribution in [0.2, 0.25) is 5.02 Å². The number of guanidine groups is 1. The van der Waals surface area contributed by atoms with Gasteiger partial charge >= 0.3 is 0 Å². The van der Waals surface area contributed by atoms with E-state index in [0.717, 1.165) is 0 Å². The van der Waals surface area contributed by atoms with E-state index in [1.807, 2.05) is 0 Å². The van der Waals surface area contributed by atoms with E-state index in [0.29, 0.717) is 15.8 Å². The van der Waals surface area contributed by atoms with Crippen LogP contribution in [0.4, 0.5) is 5.82 Å². The SMILES string of the molecule is NC(N)=Nc1ncc(Cl)c2ccc(C(=O)NC(CC(O)O)C(O)O)cc12. The van der Waals surface area contributed by atoms with Gasteiger partial charge in [0.05, 0.1) is 11.1 Å². The Balaban J connectivity index is 2.40. The number of pyridine rings is 1. The third kappa shape index (κ3) is 4.77. The zero-order chi connectivity index (χ0) is 19.4. The van der Waals surface area contributed by atoms with Gasteiger partial charge in [-0.25, -0.2) is 4.98 Å². The molecule has 0 bridgehead atoms. The number of hydrogen-bond acceptors (Lipinski definition) is 7. The number of carbonyl (C=O) groups excluding carboxylic acids is 1. The quantitative estimate of drug-likeness (QED) is 0.186. The lowest BCUT2D eigenvalue weighted by Crippen LogP contribution is -2.45. The number of aromatic nitrogens is 1. The van der Waals surface area contributed by atoms with Crippen molar-refractivity contribution in [1.29, 1.82) is 0 Å². The molecule has 10 nitrogen and oxygen atoms in total. The summed E-state index contributed by atoms with van der Waals surface area (Å²) in [6, 6.07) is 3.17. The summed E-state index contributed by atoms with van der Waals surface area (Å²) in [5.74, 6) is -0.749. The fraction of sp³-hybridized carbons (Fsp3) is 0.267. The van der Waals surface area contributed by atoms with Gasteiger partial charge in [0.2, 0.25) is 0 Å². The third-order valence-electron chi connectivity index (χ3n) is 3.46. The maximum Gasteiger partial charge on any atom is 0.251 e. The summed E-state index contributed by atoms with van der Waals surface area (Å²) in [7, 11) is 0. The van der Waals surface area contributed by atoms with E-state index < -0.39 is 30.9 Å². The molecule has 1 aromatic heterocycles. The number of aliphatic imine (C=N–C) groups is 1. The highest BCUT2D eigenvalue weighted by molar-refractivity contribution is 6.35. The van der Waals surface area contributed by atoms with Crippen LogP contribution in [0.3, 0.4) is 0 Å². The molecule has 0 aliphatic carbocycles. The van der Waals surface area contributed by atoms with Gasteiger partial charge in [0, 0.05) is 29.0 Å². The van der Waals surface area contributed by atoms with Gasteiger partial charge in [0.1, 0.15) is 0 Å². The number of fused-ring (bicyclic) bond motifs is 1. The normalized spacial score (nSPS) is 12.4. The number of aliphatic hydroxyl groups is 4. The predicted molar refractivity (Wildman–Crippen MR) is 94.5 cm³/mol. The number of rotatable bonds is 6. The van der Waals surface area contributed by atoms with Crippen LogP contribution in [0.1, 0.15) is 16.8 Å². The minimum Gasteiger partial charge on any atom is -0.370 e. The number of nitrogens with one attached hydrogen (secondary N) is 1. The van der Waals surface area contributed by atoms with Crippen LogP contribution in [-0.2, 0) is 0 Å². The van der Waals surface area contributed by atoms with E-state index in [4.69, 9.17) is 33.3 Å². The van der Waals surface area contributed by atoms with Crippen molar-refractivity contribution in [1.82, 2.24) is 10.3 Å².